The Morgan fingerprint density at radius 1 is 0.429 bits per heavy atom. The Morgan fingerprint density at radius 3 is 1.74 bits per heavy atom. The number of hydrogen-bond donors (Lipinski definition) is 0. The average Bonchev–Trinajstić information content (AvgIpc) is 4.01. The first-order valence-corrected chi connectivity index (χ1v) is 25.3. The molecule has 0 unspecified atom stereocenters. The lowest BCUT2D eigenvalue weighted by atomic mass is 9.88. The lowest BCUT2D eigenvalue weighted by Crippen LogP contribution is -1.92. The summed E-state index contributed by atoms with van der Waals surface area (Å²) in [6.07, 6.45) is 18.9. The summed E-state index contributed by atoms with van der Waals surface area (Å²) in [5.74, 6) is 0. The zero-order chi connectivity index (χ0) is 46.5. The van der Waals surface area contributed by atoms with Crippen LogP contribution in [0.3, 0.4) is 0 Å². The van der Waals surface area contributed by atoms with E-state index in [9.17, 15) is 5.26 Å². The molecular formula is C68H47NS. The molecule has 330 valence electrons. The standard InChI is InChI=1S/C68H47NS/c69-43-44-31-56(49-23-13-25-53(33-49)61-39-58(47-19-9-3-10-20-47)41-64-60-36-51(45-15-5-1-6-16-45)27-28-55(60)38-63(61)64)35-57(32-44)50-24-14-26-54(34-50)62-40-59(48-21-11-4-12-22-48)42-66-65-37-52(46-17-7-2-8-18-46)29-30-67(65)70-68(62)66/h2-5,7,9-17,19-37,39-42H,1,6,8,18,38H2. The molecule has 0 spiro atoms. The van der Waals surface area contributed by atoms with Crippen LogP contribution in [0.5, 0.6) is 0 Å². The minimum atomic E-state index is 0.641. The molecule has 1 aromatic heterocycles. The van der Waals surface area contributed by atoms with Crippen molar-refractivity contribution < 1.29 is 0 Å². The topological polar surface area (TPSA) is 23.8 Å². The number of thiophene rings is 1. The van der Waals surface area contributed by atoms with Crippen LogP contribution in [0.25, 0.3) is 109 Å². The highest BCUT2D eigenvalue weighted by Gasteiger charge is 2.25. The Bertz CT molecular complexity index is 3910. The average molecular weight is 910 g/mol. The third kappa shape index (κ3) is 7.66. The minimum absolute atomic E-state index is 0.641. The number of benzene rings is 9. The van der Waals surface area contributed by atoms with Gasteiger partial charge in [0.1, 0.15) is 0 Å². The number of nitrogens with zero attached hydrogens (tertiary/aromatic N) is 1. The summed E-state index contributed by atoms with van der Waals surface area (Å²) in [4.78, 5) is 0. The zero-order valence-electron chi connectivity index (χ0n) is 38.8. The minimum Gasteiger partial charge on any atom is -0.192 e. The van der Waals surface area contributed by atoms with Crippen LogP contribution < -0.4 is 0 Å². The van der Waals surface area contributed by atoms with Crippen molar-refractivity contribution >= 4 is 42.7 Å². The molecule has 0 radical (unpaired) electrons. The molecular weight excluding hydrogens is 863 g/mol. The van der Waals surface area contributed by atoms with Gasteiger partial charge < -0.3 is 0 Å². The third-order valence-corrected chi connectivity index (χ3v) is 15.8. The van der Waals surface area contributed by atoms with Crippen LogP contribution in [0, 0.1) is 11.3 Å². The summed E-state index contributed by atoms with van der Waals surface area (Å²) in [5, 5.41) is 13.1. The molecule has 0 fully saturated rings. The smallest absolute Gasteiger partial charge is 0.0992 e. The van der Waals surface area contributed by atoms with Gasteiger partial charge in [0, 0.05) is 25.7 Å². The van der Waals surface area contributed by atoms with E-state index in [-0.39, 0.29) is 0 Å². The highest BCUT2D eigenvalue weighted by Crippen LogP contribution is 2.48. The van der Waals surface area contributed by atoms with E-state index in [1.165, 1.54) is 104 Å². The molecule has 10 aromatic rings. The maximum absolute atomic E-state index is 10.5. The van der Waals surface area contributed by atoms with Gasteiger partial charge in [-0.3, -0.25) is 0 Å². The third-order valence-electron chi connectivity index (χ3n) is 14.6. The summed E-state index contributed by atoms with van der Waals surface area (Å²) >= 11 is 1.88. The maximum atomic E-state index is 10.5. The van der Waals surface area contributed by atoms with Gasteiger partial charge in [-0.25, -0.2) is 0 Å². The Morgan fingerprint density at radius 2 is 1.04 bits per heavy atom. The fraction of sp³-hybridized carbons (Fsp3) is 0.0735. The van der Waals surface area contributed by atoms with Crippen molar-refractivity contribution in [3.63, 3.8) is 0 Å². The van der Waals surface area contributed by atoms with Crippen LogP contribution in [0.2, 0.25) is 0 Å². The van der Waals surface area contributed by atoms with E-state index in [1.54, 1.807) is 0 Å². The summed E-state index contributed by atoms with van der Waals surface area (Å²) in [5.41, 5.74) is 25.1. The molecule has 1 nitrogen and oxygen atoms in total. The summed E-state index contributed by atoms with van der Waals surface area (Å²) in [6.45, 7) is 0. The SMILES string of the molecule is N#Cc1cc(-c2cccc(-c3cc(-c4ccccc4)cc4c3Cc3ccc(C5=CCCC=C5)cc3-4)c2)cc(-c2cccc(-c3cc(-c4ccccc4)cc4c3sc3ccc(C5=CC=CCC5)cc34)c2)c1. The molecule has 0 atom stereocenters. The van der Waals surface area contributed by atoms with E-state index < -0.39 is 0 Å². The summed E-state index contributed by atoms with van der Waals surface area (Å²) < 4.78 is 2.58. The molecule has 0 saturated heterocycles. The number of nitriles is 1. The van der Waals surface area contributed by atoms with Crippen LogP contribution in [0.4, 0.5) is 0 Å². The molecule has 0 bridgehead atoms. The quantitative estimate of drug-likeness (QED) is 0.149. The molecule has 0 N–H and O–H groups in total. The molecule has 3 aliphatic carbocycles. The number of hydrogen-bond acceptors (Lipinski definition) is 2. The Hall–Kier alpha value is -8.35. The van der Waals surface area contributed by atoms with E-state index in [0.29, 0.717) is 5.56 Å². The molecule has 0 saturated carbocycles. The largest absolute Gasteiger partial charge is 0.192 e. The van der Waals surface area contributed by atoms with Crippen LogP contribution in [0.1, 0.15) is 53.5 Å². The number of fused-ring (bicyclic) bond motifs is 6. The molecule has 2 heteroatoms. The first-order valence-electron chi connectivity index (χ1n) is 24.5. The predicted molar refractivity (Wildman–Crippen MR) is 298 cm³/mol. The van der Waals surface area contributed by atoms with E-state index >= 15 is 0 Å². The fourth-order valence-electron chi connectivity index (χ4n) is 11.0. The van der Waals surface area contributed by atoms with Crippen molar-refractivity contribution in [1.82, 2.24) is 0 Å². The van der Waals surface area contributed by atoms with Crippen molar-refractivity contribution in [2.75, 3.05) is 0 Å². The van der Waals surface area contributed by atoms with Gasteiger partial charge in [-0.1, -0.05) is 152 Å². The Balaban J connectivity index is 0.909. The molecule has 3 aliphatic rings. The maximum Gasteiger partial charge on any atom is 0.0992 e. The Labute approximate surface area is 414 Å². The van der Waals surface area contributed by atoms with Crippen molar-refractivity contribution in [2.45, 2.75) is 32.1 Å². The molecule has 1 heterocycles. The van der Waals surface area contributed by atoms with Crippen LogP contribution in [0.15, 0.2) is 225 Å². The zero-order valence-corrected chi connectivity index (χ0v) is 39.6. The second-order valence-corrected chi connectivity index (χ2v) is 20.0. The van der Waals surface area contributed by atoms with Gasteiger partial charge in [0.05, 0.1) is 11.6 Å². The highest BCUT2D eigenvalue weighted by atomic mass is 32.1. The molecule has 9 aromatic carbocycles. The van der Waals surface area contributed by atoms with Gasteiger partial charge in [0.2, 0.25) is 0 Å². The summed E-state index contributed by atoms with van der Waals surface area (Å²) in [7, 11) is 0. The molecule has 70 heavy (non-hydrogen) atoms. The molecule has 0 amide bonds. The first-order chi connectivity index (χ1) is 34.6. The van der Waals surface area contributed by atoms with E-state index in [1.807, 2.05) is 23.5 Å². The molecule has 0 aliphatic heterocycles. The van der Waals surface area contributed by atoms with Gasteiger partial charge >= 0.3 is 0 Å². The van der Waals surface area contributed by atoms with Gasteiger partial charge in [-0.2, -0.15) is 5.26 Å². The van der Waals surface area contributed by atoms with E-state index in [0.717, 1.165) is 59.9 Å². The lowest BCUT2D eigenvalue weighted by molar-refractivity contribution is 1.04. The molecule has 13 rings (SSSR count). The van der Waals surface area contributed by atoms with Crippen molar-refractivity contribution in [2.24, 2.45) is 0 Å². The van der Waals surface area contributed by atoms with Gasteiger partial charge in [0.25, 0.3) is 0 Å². The monoisotopic (exact) mass is 909 g/mol. The van der Waals surface area contributed by atoms with E-state index in [2.05, 4.69) is 218 Å². The summed E-state index contributed by atoms with van der Waals surface area (Å²) in [6, 6.07) is 71.9. The van der Waals surface area contributed by atoms with Crippen molar-refractivity contribution in [3.05, 3.63) is 252 Å². The predicted octanol–water partition coefficient (Wildman–Crippen LogP) is 19.0. The normalized spacial score (nSPS) is 13.8. The van der Waals surface area contributed by atoms with Crippen LogP contribution in [-0.2, 0) is 6.42 Å². The second kappa shape index (κ2) is 17.6. The van der Waals surface area contributed by atoms with Gasteiger partial charge in [-0.05, 0) is 211 Å². The first kappa shape index (κ1) is 41.8. The second-order valence-electron chi connectivity index (χ2n) is 18.9. The van der Waals surface area contributed by atoms with Crippen molar-refractivity contribution in [1.29, 1.82) is 5.26 Å². The van der Waals surface area contributed by atoms with Crippen molar-refractivity contribution in [3.8, 4) is 84.0 Å². The fourth-order valence-corrected chi connectivity index (χ4v) is 12.2. The van der Waals surface area contributed by atoms with Crippen LogP contribution in [-0.4, -0.2) is 0 Å². The van der Waals surface area contributed by atoms with E-state index in [4.69, 9.17) is 0 Å². The lowest BCUT2D eigenvalue weighted by Gasteiger charge is -2.15. The Kier molecular flexibility index (Phi) is 10.5. The van der Waals surface area contributed by atoms with Crippen LogP contribution >= 0.6 is 11.3 Å². The number of rotatable bonds is 8. The number of allylic oxidation sites excluding steroid dienone is 8. The van der Waals surface area contributed by atoms with Gasteiger partial charge in [0.15, 0.2) is 0 Å². The van der Waals surface area contributed by atoms with Gasteiger partial charge in [-0.15, -0.1) is 11.3 Å². The highest BCUT2D eigenvalue weighted by molar-refractivity contribution is 7.26.